The Labute approximate surface area is 107 Å². The fourth-order valence-corrected chi connectivity index (χ4v) is 1.91. The van der Waals surface area contributed by atoms with Crippen molar-refractivity contribution in [3.8, 4) is 6.07 Å². The van der Waals surface area contributed by atoms with E-state index in [1.165, 1.54) is 12.1 Å². The van der Waals surface area contributed by atoms with E-state index in [9.17, 15) is 10.1 Å². The monoisotopic (exact) mass is 247 g/mol. The Hall–Kier alpha value is -2.09. The molecule has 0 amide bonds. The Kier molecular flexibility index (Phi) is 4.67. The first kappa shape index (κ1) is 14.0. The number of benzene rings is 1. The van der Waals surface area contributed by atoms with Gasteiger partial charge >= 0.3 is 0 Å². The highest BCUT2D eigenvalue weighted by molar-refractivity contribution is 5.60. The van der Waals surface area contributed by atoms with Gasteiger partial charge in [0, 0.05) is 24.3 Å². The van der Waals surface area contributed by atoms with E-state index in [0.717, 1.165) is 18.7 Å². The first-order chi connectivity index (χ1) is 8.54. The summed E-state index contributed by atoms with van der Waals surface area (Å²) in [6, 6.07) is 6.91. The number of nitro benzene ring substituents is 1. The minimum absolute atomic E-state index is 0.101. The SMILES string of the molecule is CCC(C)N(CC)c1ccc(C#N)c([N+](=O)[O-])c1. The predicted molar refractivity (Wildman–Crippen MR) is 70.6 cm³/mol. The van der Waals surface area contributed by atoms with Crippen LogP contribution in [0.4, 0.5) is 11.4 Å². The van der Waals surface area contributed by atoms with E-state index >= 15 is 0 Å². The second-order valence-corrected chi connectivity index (χ2v) is 4.11. The van der Waals surface area contributed by atoms with Gasteiger partial charge in [-0.1, -0.05) is 6.92 Å². The van der Waals surface area contributed by atoms with Gasteiger partial charge < -0.3 is 4.90 Å². The normalized spacial score (nSPS) is 11.7. The maximum atomic E-state index is 10.9. The maximum Gasteiger partial charge on any atom is 0.289 e. The molecule has 0 aliphatic heterocycles. The zero-order chi connectivity index (χ0) is 13.7. The highest BCUT2D eigenvalue weighted by atomic mass is 16.6. The summed E-state index contributed by atoms with van der Waals surface area (Å²) in [7, 11) is 0. The third kappa shape index (κ3) is 2.77. The molecule has 0 saturated carbocycles. The summed E-state index contributed by atoms with van der Waals surface area (Å²) in [5.41, 5.74) is 0.762. The minimum Gasteiger partial charge on any atom is -0.369 e. The van der Waals surface area contributed by atoms with Crippen molar-refractivity contribution in [1.82, 2.24) is 0 Å². The van der Waals surface area contributed by atoms with E-state index < -0.39 is 4.92 Å². The van der Waals surface area contributed by atoms with Crippen LogP contribution in [0.5, 0.6) is 0 Å². The molecule has 0 bridgehead atoms. The molecule has 0 aliphatic rings. The number of hydrogen-bond donors (Lipinski definition) is 0. The number of nitro groups is 1. The smallest absolute Gasteiger partial charge is 0.289 e. The van der Waals surface area contributed by atoms with Gasteiger partial charge in [-0.25, -0.2) is 0 Å². The molecule has 1 atom stereocenters. The third-order valence-corrected chi connectivity index (χ3v) is 3.09. The first-order valence-corrected chi connectivity index (χ1v) is 6.00. The molecular weight excluding hydrogens is 230 g/mol. The van der Waals surface area contributed by atoms with Crippen molar-refractivity contribution >= 4 is 11.4 Å². The Balaban J connectivity index is 3.23. The summed E-state index contributed by atoms with van der Waals surface area (Å²) >= 11 is 0. The lowest BCUT2D eigenvalue weighted by Crippen LogP contribution is -2.32. The number of nitriles is 1. The van der Waals surface area contributed by atoms with Crippen LogP contribution in [0.2, 0.25) is 0 Å². The van der Waals surface area contributed by atoms with E-state index in [0.29, 0.717) is 6.04 Å². The van der Waals surface area contributed by atoms with Gasteiger partial charge in [0.2, 0.25) is 0 Å². The summed E-state index contributed by atoms with van der Waals surface area (Å²) in [4.78, 5) is 12.5. The van der Waals surface area contributed by atoms with Crippen LogP contribution in [0.1, 0.15) is 32.8 Å². The van der Waals surface area contributed by atoms with Gasteiger partial charge in [0.25, 0.3) is 5.69 Å². The Bertz CT molecular complexity index is 480. The van der Waals surface area contributed by atoms with E-state index in [2.05, 4.69) is 18.7 Å². The molecule has 1 unspecified atom stereocenters. The van der Waals surface area contributed by atoms with Crippen LogP contribution in [-0.2, 0) is 0 Å². The summed E-state index contributed by atoms with van der Waals surface area (Å²) in [5.74, 6) is 0. The zero-order valence-electron chi connectivity index (χ0n) is 10.9. The zero-order valence-corrected chi connectivity index (χ0v) is 10.9. The fourth-order valence-electron chi connectivity index (χ4n) is 1.91. The summed E-state index contributed by atoms with van der Waals surface area (Å²) < 4.78 is 0. The standard InChI is InChI=1S/C13H17N3O2/c1-4-10(3)15(5-2)12-7-6-11(9-14)13(8-12)16(17)18/h6-8,10H,4-5H2,1-3H3. The van der Waals surface area contributed by atoms with Gasteiger partial charge in [0.05, 0.1) is 4.92 Å². The van der Waals surface area contributed by atoms with E-state index in [-0.39, 0.29) is 11.3 Å². The second kappa shape index (κ2) is 6.01. The van der Waals surface area contributed by atoms with Crippen molar-refractivity contribution in [3.63, 3.8) is 0 Å². The topological polar surface area (TPSA) is 70.2 Å². The van der Waals surface area contributed by atoms with E-state index in [1.54, 1.807) is 6.07 Å². The summed E-state index contributed by atoms with van der Waals surface area (Å²) in [5, 5.41) is 19.8. The molecule has 0 aromatic heterocycles. The van der Waals surface area contributed by atoms with Crippen molar-refractivity contribution < 1.29 is 4.92 Å². The van der Waals surface area contributed by atoms with Crippen molar-refractivity contribution in [2.24, 2.45) is 0 Å². The van der Waals surface area contributed by atoms with Gasteiger partial charge in [0.1, 0.15) is 11.6 Å². The van der Waals surface area contributed by atoms with Crippen LogP contribution >= 0.6 is 0 Å². The lowest BCUT2D eigenvalue weighted by atomic mass is 10.1. The number of anilines is 1. The minimum atomic E-state index is -0.507. The molecule has 18 heavy (non-hydrogen) atoms. The molecule has 1 aromatic rings. The van der Waals surface area contributed by atoms with Crippen LogP contribution in [0.25, 0.3) is 0 Å². The molecule has 0 aliphatic carbocycles. The van der Waals surface area contributed by atoms with Crippen LogP contribution in [-0.4, -0.2) is 17.5 Å². The summed E-state index contributed by atoms with van der Waals surface area (Å²) in [6.07, 6.45) is 0.960. The van der Waals surface area contributed by atoms with Crippen molar-refractivity contribution in [1.29, 1.82) is 5.26 Å². The van der Waals surface area contributed by atoms with Crippen molar-refractivity contribution in [2.75, 3.05) is 11.4 Å². The maximum absolute atomic E-state index is 10.9. The number of rotatable bonds is 5. The van der Waals surface area contributed by atoms with Crippen LogP contribution in [0.3, 0.4) is 0 Å². The quantitative estimate of drug-likeness (QED) is 0.592. The number of hydrogen-bond acceptors (Lipinski definition) is 4. The van der Waals surface area contributed by atoms with Gasteiger partial charge in [-0.15, -0.1) is 0 Å². The highest BCUT2D eigenvalue weighted by Gasteiger charge is 2.18. The third-order valence-electron chi connectivity index (χ3n) is 3.09. The molecule has 0 saturated heterocycles. The predicted octanol–water partition coefficient (Wildman–Crippen LogP) is 3.09. The molecule has 0 fully saturated rings. The molecule has 1 rings (SSSR count). The molecule has 0 heterocycles. The molecule has 0 spiro atoms. The van der Waals surface area contributed by atoms with E-state index in [1.807, 2.05) is 13.0 Å². The molecule has 5 heteroatoms. The van der Waals surface area contributed by atoms with Crippen molar-refractivity contribution in [3.05, 3.63) is 33.9 Å². The van der Waals surface area contributed by atoms with Crippen LogP contribution < -0.4 is 4.90 Å². The molecule has 0 N–H and O–H groups in total. The Morgan fingerprint density at radius 3 is 2.61 bits per heavy atom. The molecule has 1 aromatic carbocycles. The highest BCUT2D eigenvalue weighted by Crippen LogP contribution is 2.26. The van der Waals surface area contributed by atoms with Gasteiger partial charge in [-0.3, -0.25) is 10.1 Å². The molecule has 96 valence electrons. The molecule has 0 radical (unpaired) electrons. The van der Waals surface area contributed by atoms with Gasteiger partial charge in [-0.2, -0.15) is 5.26 Å². The number of nitrogens with zero attached hydrogens (tertiary/aromatic N) is 3. The largest absolute Gasteiger partial charge is 0.369 e. The van der Waals surface area contributed by atoms with Crippen LogP contribution in [0, 0.1) is 21.4 Å². The molecular formula is C13H17N3O2. The average Bonchev–Trinajstić information content (AvgIpc) is 2.39. The Morgan fingerprint density at radius 1 is 1.50 bits per heavy atom. The average molecular weight is 247 g/mol. The summed E-state index contributed by atoms with van der Waals surface area (Å²) in [6.45, 7) is 6.94. The second-order valence-electron chi connectivity index (χ2n) is 4.11. The first-order valence-electron chi connectivity index (χ1n) is 6.00. The van der Waals surface area contributed by atoms with Crippen molar-refractivity contribution in [2.45, 2.75) is 33.2 Å². The lowest BCUT2D eigenvalue weighted by molar-refractivity contribution is -0.385. The Morgan fingerprint density at radius 2 is 2.17 bits per heavy atom. The van der Waals surface area contributed by atoms with Gasteiger partial charge in [0.15, 0.2) is 0 Å². The van der Waals surface area contributed by atoms with E-state index in [4.69, 9.17) is 5.26 Å². The lowest BCUT2D eigenvalue weighted by Gasteiger charge is -2.29. The van der Waals surface area contributed by atoms with Crippen LogP contribution in [0.15, 0.2) is 18.2 Å². The van der Waals surface area contributed by atoms with Gasteiger partial charge in [-0.05, 0) is 32.4 Å². The fraction of sp³-hybridized carbons (Fsp3) is 0.462. The molecule has 5 nitrogen and oxygen atoms in total.